The molecule has 0 saturated heterocycles. The molecular formula is C21H23N3O3. The summed E-state index contributed by atoms with van der Waals surface area (Å²) in [5.74, 6) is 1.71. The summed E-state index contributed by atoms with van der Waals surface area (Å²) in [4.78, 5) is 13.8. The summed E-state index contributed by atoms with van der Waals surface area (Å²) < 4.78 is 11.3. The van der Waals surface area contributed by atoms with Crippen molar-refractivity contribution in [3.8, 4) is 17.2 Å². The second-order valence-corrected chi connectivity index (χ2v) is 6.38. The molecule has 1 aromatic heterocycles. The first-order chi connectivity index (χ1) is 13.1. The fraction of sp³-hybridized carbons (Fsp3) is 0.286. The molecule has 1 amide bonds. The van der Waals surface area contributed by atoms with Crippen LogP contribution in [0.25, 0.3) is 11.5 Å². The zero-order chi connectivity index (χ0) is 19.1. The summed E-state index contributed by atoms with van der Waals surface area (Å²) in [5, 5.41) is 8.10. The van der Waals surface area contributed by atoms with Crippen molar-refractivity contribution in [2.75, 3.05) is 13.7 Å². The summed E-state index contributed by atoms with van der Waals surface area (Å²) >= 11 is 0. The summed E-state index contributed by atoms with van der Waals surface area (Å²) in [6.07, 6.45) is 1.05. The van der Waals surface area contributed by atoms with Crippen LogP contribution in [-0.4, -0.2) is 34.7 Å². The van der Waals surface area contributed by atoms with Crippen LogP contribution < -0.4 is 4.74 Å². The predicted molar refractivity (Wildman–Crippen MR) is 102 cm³/mol. The topological polar surface area (TPSA) is 68.5 Å². The van der Waals surface area contributed by atoms with Gasteiger partial charge in [-0.05, 0) is 37.6 Å². The number of hydrogen-bond donors (Lipinski definition) is 0. The number of benzene rings is 2. The second-order valence-electron chi connectivity index (χ2n) is 6.38. The van der Waals surface area contributed by atoms with E-state index < -0.39 is 0 Å². The molecule has 2 aromatic carbocycles. The third-order valence-corrected chi connectivity index (χ3v) is 4.11. The molecule has 0 bridgehead atoms. The van der Waals surface area contributed by atoms with E-state index >= 15 is 0 Å². The number of para-hydroxylation sites is 1. The standard InChI is InChI=1S/C21H23N3O3/c1-16-10-12-17(13-11-16)21-23-22-19(27-21)15-24(2)20(25)9-6-14-26-18-7-4-3-5-8-18/h3-5,7-8,10-13H,6,9,14-15H2,1-2H3. The van der Waals surface area contributed by atoms with E-state index in [0.29, 0.717) is 31.2 Å². The molecule has 6 nitrogen and oxygen atoms in total. The van der Waals surface area contributed by atoms with Gasteiger partial charge < -0.3 is 14.1 Å². The van der Waals surface area contributed by atoms with E-state index in [-0.39, 0.29) is 12.5 Å². The SMILES string of the molecule is Cc1ccc(-c2nnc(CN(C)C(=O)CCCOc3ccccc3)o2)cc1. The van der Waals surface area contributed by atoms with Crippen LogP contribution in [0, 0.1) is 6.92 Å². The Kier molecular flexibility index (Phi) is 6.20. The van der Waals surface area contributed by atoms with Gasteiger partial charge in [0.2, 0.25) is 17.7 Å². The van der Waals surface area contributed by atoms with Crippen LogP contribution in [0.5, 0.6) is 5.75 Å². The predicted octanol–water partition coefficient (Wildman–Crippen LogP) is 3.86. The Morgan fingerprint density at radius 1 is 1.07 bits per heavy atom. The number of aromatic nitrogens is 2. The lowest BCUT2D eigenvalue weighted by Gasteiger charge is -2.14. The molecule has 0 unspecified atom stereocenters. The van der Waals surface area contributed by atoms with Gasteiger partial charge in [-0.25, -0.2) is 0 Å². The minimum absolute atomic E-state index is 0.0155. The molecular weight excluding hydrogens is 342 g/mol. The Labute approximate surface area is 158 Å². The van der Waals surface area contributed by atoms with Crippen LogP contribution in [0.1, 0.15) is 24.3 Å². The quantitative estimate of drug-likeness (QED) is 0.567. The van der Waals surface area contributed by atoms with Gasteiger partial charge in [-0.15, -0.1) is 10.2 Å². The normalized spacial score (nSPS) is 10.6. The van der Waals surface area contributed by atoms with E-state index in [0.717, 1.165) is 11.3 Å². The molecule has 0 saturated carbocycles. The van der Waals surface area contributed by atoms with Gasteiger partial charge in [0.1, 0.15) is 5.75 Å². The van der Waals surface area contributed by atoms with Gasteiger partial charge in [0.15, 0.2) is 0 Å². The Hall–Kier alpha value is -3.15. The minimum atomic E-state index is 0.0155. The Bertz CT molecular complexity index is 860. The summed E-state index contributed by atoms with van der Waals surface area (Å²) in [6, 6.07) is 17.4. The maximum atomic E-state index is 12.3. The van der Waals surface area contributed by atoms with Crippen molar-refractivity contribution in [3.05, 3.63) is 66.1 Å². The zero-order valence-electron chi connectivity index (χ0n) is 15.6. The largest absolute Gasteiger partial charge is 0.494 e. The van der Waals surface area contributed by atoms with Crippen molar-refractivity contribution in [3.63, 3.8) is 0 Å². The number of aryl methyl sites for hydroxylation is 1. The molecule has 0 aliphatic heterocycles. The van der Waals surface area contributed by atoms with Crippen molar-refractivity contribution in [2.24, 2.45) is 0 Å². The smallest absolute Gasteiger partial charge is 0.247 e. The molecule has 0 N–H and O–H groups in total. The number of rotatable bonds is 8. The summed E-state index contributed by atoms with van der Waals surface area (Å²) in [5.41, 5.74) is 2.03. The molecule has 3 aromatic rings. The second kappa shape index (κ2) is 8.98. The van der Waals surface area contributed by atoms with Crippen molar-refractivity contribution < 1.29 is 13.9 Å². The number of ether oxygens (including phenoxy) is 1. The highest BCUT2D eigenvalue weighted by Gasteiger charge is 2.14. The van der Waals surface area contributed by atoms with E-state index in [4.69, 9.17) is 9.15 Å². The van der Waals surface area contributed by atoms with Gasteiger partial charge in [-0.3, -0.25) is 4.79 Å². The van der Waals surface area contributed by atoms with E-state index in [1.807, 2.05) is 61.5 Å². The van der Waals surface area contributed by atoms with Gasteiger partial charge >= 0.3 is 0 Å². The molecule has 3 rings (SSSR count). The van der Waals surface area contributed by atoms with Gasteiger partial charge in [0.05, 0.1) is 13.2 Å². The van der Waals surface area contributed by atoms with Crippen LogP contribution in [0.3, 0.4) is 0 Å². The molecule has 0 radical (unpaired) electrons. The fourth-order valence-electron chi connectivity index (χ4n) is 2.54. The third-order valence-electron chi connectivity index (χ3n) is 4.11. The minimum Gasteiger partial charge on any atom is -0.494 e. The first kappa shape index (κ1) is 18.6. The van der Waals surface area contributed by atoms with Gasteiger partial charge in [0.25, 0.3) is 0 Å². The van der Waals surface area contributed by atoms with Crippen molar-refractivity contribution in [1.82, 2.24) is 15.1 Å². The van der Waals surface area contributed by atoms with Crippen LogP contribution in [-0.2, 0) is 11.3 Å². The number of carbonyl (C=O) groups excluding carboxylic acids is 1. The molecule has 1 heterocycles. The van der Waals surface area contributed by atoms with Gasteiger partial charge in [-0.2, -0.15) is 0 Å². The van der Waals surface area contributed by atoms with Crippen LogP contribution >= 0.6 is 0 Å². The molecule has 6 heteroatoms. The average molecular weight is 365 g/mol. The van der Waals surface area contributed by atoms with Crippen LogP contribution in [0.4, 0.5) is 0 Å². The Morgan fingerprint density at radius 3 is 2.56 bits per heavy atom. The maximum absolute atomic E-state index is 12.3. The van der Waals surface area contributed by atoms with Crippen LogP contribution in [0.15, 0.2) is 59.0 Å². The highest BCUT2D eigenvalue weighted by atomic mass is 16.5. The molecule has 0 aliphatic rings. The monoisotopic (exact) mass is 365 g/mol. The molecule has 0 spiro atoms. The lowest BCUT2D eigenvalue weighted by molar-refractivity contribution is -0.130. The lowest BCUT2D eigenvalue weighted by atomic mass is 10.1. The lowest BCUT2D eigenvalue weighted by Crippen LogP contribution is -2.26. The highest BCUT2D eigenvalue weighted by molar-refractivity contribution is 5.75. The Balaban J connectivity index is 1.45. The Morgan fingerprint density at radius 2 is 1.81 bits per heavy atom. The van der Waals surface area contributed by atoms with E-state index in [9.17, 15) is 4.79 Å². The number of nitrogens with zero attached hydrogens (tertiary/aromatic N) is 3. The number of carbonyl (C=O) groups is 1. The van der Waals surface area contributed by atoms with E-state index in [1.54, 1.807) is 11.9 Å². The van der Waals surface area contributed by atoms with Crippen molar-refractivity contribution in [2.45, 2.75) is 26.3 Å². The van der Waals surface area contributed by atoms with Crippen molar-refractivity contribution in [1.29, 1.82) is 0 Å². The van der Waals surface area contributed by atoms with Gasteiger partial charge in [0, 0.05) is 19.0 Å². The summed E-state index contributed by atoms with van der Waals surface area (Å²) in [6.45, 7) is 2.81. The maximum Gasteiger partial charge on any atom is 0.247 e. The highest BCUT2D eigenvalue weighted by Crippen LogP contribution is 2.19. The summed E-state index contributed by atoms with van der Waals surface area (Å²) in [7, 11) is 1.73. The number of hydrogen-bond acceptors (Lipinski definition) is 5. The molecule has 27 heavy (non-hydrogen) atoms. The first-order valence-corrected chi connectivity index (χ1v) is 8.93. The van der Waals surface area contributed by atoms with Crippen LogP contribution in [0.2, 0.25) is 0 Å². The van der Waals surface area contributed by atoms with Crippen molar-refractivity contribution >= 4 is 5.91 Å². The third kappa shape index (κ3) is 5.41. The molecule has 140 valence electrons. The molecule has 0 atom stereocenters. The number of amides is 1. The van der Waals surface area contributed by atoms with E-state index in [1.165, 1.54) is 5.56 Å². The zero-order valence-corrected chi connectivity index (χ0v) is 15.6. The molecule has 0 fully saturated rings. The van der Waals surface area contributed by atoms with E-state index in [2.05, 4.69) is 10.2 Å². The molecule has 0 aliphatic carbocycles. The van der Waals surface area contributed by atoms with Gasteiger partial charge in [-0.1, -0.05) is 35.9 Å². The first-order valence-electron chi connectivity index (χ1n) is 8.93. The average Bonchev–Trinajstić information content (AvgIpc) is 3.15. The fourth-order valence-corrected chi connectivity index (χ4v) is 2.54.